The molecule has 2 nitrogen and oxygen atoms in total. The highest BCUT2D eigenvalue weighted by Gasteiger charge is 2.19. The third kappa shape index (κ3) is 2.45. The molecule has 0 unspecified atom stereocenters. The van der Waals surface area contributed by atoms with Crippen molar-refractivity contribution in [3.05, 3.63) is 52.1 Å². The number of aromatic nitrogens is 1. The quantitative estimate of drug-likeness (QED) is 0.664. The molecule has 2 rings (SSSR count). The van der Waals surface area contributed by atoms with Crippen LogP contribution in [0.3, 0.4) is 0 Å². The van der Waals surface area contributed by atoms with E-state index in [1.54, 1.807) is 6.07 Å². The van der Waals surface area contributed by atoms with Crippen LogP contribution in [0.25, 0.3) is 0 Å². The summed E-state index contributed by atoms with van der Waals surface area (Å²) < 4.78 is 53.2. The summed E-state index contributed by atoms with van der Waals surface area (Å²) in [5.41, 5.74) is -0.915. The number of benzene rings is 1. The fourth-order valence-electron chi connectivity index (χ4n) is 1.26. The lowest BCUT2D eigenvalue weighted by molar-refractivity contribution is 0.459. The van der Waals surface area contributed by atoms with E-state index >= 15 is 0 Å². The average Bonchev–Trinajstić information content (AvgIpc) is 2.34. The lowest BCUT2D eigenvalue weighted by atomic mass is 10.2. The Morgan fingerprint density at radius 1 is 1.00 bits per heavy atom. The molecule has 0 atom stereocenters. The van der Waals surface area contributed by atoms with Crippen molar-refractivity contribution in [2.75, 3.05) is 5.32 Å². The Labute approximate surface area is 108 Å². The van der Waals surface area contributed by atoms with Gasteiger partial charge in [0.2, 0.25) is 0 Å². The molecule has 1 aromatic carbocycles. The van der Waals surface area contributed by atoms with Gasteiger partial charge in [0, 0.05) is 16.7 Å². The maximum atomic E-state index is 13.3. The smallest absolute Gasteiger partial charge is 0.185 e. The number of anilines is 2. The second-order valence-electron chi connectivity index (χ2n) is 3.33. The summed E-state index contributed by atoms with van der Waals surface area (Å²) in [7, 11) is 0. The molecule has 0 saturated heterocycles. The Morgan fingerprint density at radius 3 is 2.11 bits per heavy atom. The predicted octanol–water partition coefficient (Wildman–Crippen LogP) is 4.14. The molecule has 1 N–H and O–H groups in total. The normalized spacial score (nSPS) is 10.5. The maximum Gasteiger partial charge on any atom is 0.185 e. The second-order valence-corrected chi connectivity index (χ2v) is 4.25. The van der Waals surface area contributed by atoms with Crippen LogP contribution in [0.4, 0.5) is 29.1 Å². The van der Waals surface area contributed by atoms with Crippen LogP contribution in [-0.2, 0) is 0 Å². The molecular formula is C11H5BrF4N2. The van der Waals surface area contributed by atoms with Crippen LogP contribution in [0, 0.1) is 23.3 Å². The van der Waals surface area contributed by atoms with Crippen LogP contribution >= 0.6 is 15.9 Å². The van der Waals surface area contributed by atoms with Gasteiger partial charge in [-0.05, 0) is 28.1 Å². The molecule has 94 valence electrons. The highest BCUT2D eigenvalue weighted by atomic mass is 79.9. The van der Waals surface area contributed by atoms with Gasteiger partial charge in [0.25, 0.3) is 0 Å². The number of hydrogen-bond acceptors (Lipinski definition) is 2. The Bertz CT molecular complexity index is 560. The molecule has 2 aromatic rings. The summed E-state index contributed by atoms with van der Waals surface area (Å²) in [5.74, 6) is -5.90. The van der Waals surface area contributed by atoms with Crippen molar-refractivity contribution in [1.82, 2.24) is 4.98 Å². The summed E-state index contributed by atoms with van der Waals surface area (Å²) in [6.07, 6.45) is 1.37. The zero-order chi connectivity index (χ0) is 13.3. The molecule has 18 heavy (non-hydrogen) atoms. The summed E-state index contributed by atoms with van der Waals surface area (Å²) in [6.45, 7) is 0. The molecule has 0 bridgehead atoms. The van der Waals surface area contributed by atoms with Crippen molar-refractivity contribution in [3.8, 4) is 0 Å². The molecule has 0 aliphatic rings. The maximum absolute atomic E-state index is 13.3. The third-order valence-electron chi connectivity index (χ3n) is 2.09. The first-order chi connectivity index (χ1) is 8.49. The molecule has 0 radical (unpaired) electrons. The Balaban J connectivity index is 2.42. The van der Waals surface area contributed by atoms with Gasteiger partial charge >= 0.3 is 0 Å². The van der Waals surface area contributed by atoms with E-state index in [1.165, 1.54) is 12.3 Å². The van der Waals surface area contributed by atoms with Crippen LogP contribution < -0.4 is 5.32 Å². The number of rotatable bonds is 2. The second kappa shape index (κ2) is 4.93. The molecule has 0 spiro atoms. The lowest BCUT2D eigenvalue weighted by Gasteiger charge is -2.09. The van der Waals surface area contributed by atoms with E-state index in [0.717, 1.165) is 0 Å². The van der Waals surface area contributed by atoms with Crippen molar-refractivity contribution in [3.63, 3.8) is 0 Å². The molecule has 0 aliphatic heterocycles. The number of halogens is 5. The molecule has 7 heteroatoms. The van der Waals surface area contributed by atoms with Crippen molar-refractivity contribution >= 4 is 27.4 Å². The fourth-order valence-corrected chi connectivity index (χ4v) is 1.50. The Morgan fingerprint density at radius 2 is 1.61 bits per heavy atom. The van der Waals surface area contributed by atoms with Gasteiger partial charge in [0.15, 0.2) is 23.3 Å². The molecule has 0 fully saturated rings. The standard InChI is InChI=1S/C11H5BrF4N2/c12-5-1-2-8(17-4-5)18-11-9(15)6(13)3-7(14)10(11)16/h1-4H,(H,17,18). The summed E-state index contributed by atoms with van der Waals surface area (Å²) in [4.78, 5) is 3.78. The molecule has 1 heterocycles. The van der Waals surface area contributed by atoms with Crippen LogP contribution in [-0.4, -0.2) is 4.98 Å². The summed E-state index contributed by atoms with van der Waals surface area (Å²) >= 11 is 3.12. The van der Waals surface area contributed by atoms with E-state index in [4.69, 9.17) is 0 Å². The minimum atomic E-state index is -1.50. The fraction of sp³-hybridized carbons (Fsp3) is 0. The minimum absolute atomic E-state index is 0.0565. The monoisotopic (exact) mass is 320 g/mol. The van der Waals surface area contributed by atoms with E-state index in [0.29, 0.717) is 4.47 Å². The van der Waals surface area contributed by atoms with E-state index in [9.17, 15) is 17.6 Å². The predicted molar refractivity (Wildman–Crippen MR) is 61.5 cm³/mol. The van der Waals surface area contributed by atoms with Crippen molar-refractivity contribution in [2.45, 2.75) is 0 Å². The number of hydrogen-bond donors (Lipinski definition) is 1. The van der Waals surface area contributed by atoms with Gasteiger partial charge in [0.05, 0.1) is 0 Å². The zero-order valence-electron chi connectivity index (χ0n) is 8.65. The van der Waals surface area contributed by atoms with E-state index in [2.05, 4.69) is 26.2 Å². The van der Waals surface area contributed by atoms with Crippen molar-refractivity contribution in [1.29, 1.82) is 0 Å². The van der Waals surface area contributed by atoms with E-state index in [1.807, 2.05) is 0 Å². The molecule has 0 aliphatic carbocycles. The van der Waals surface area contributed by atoms with Gasteiger partial charge < -0.3 is 5.32 Å². The first kappa shape index (κ1) is 12.8. The van der Waals surface area contributed by atoms with Gasteiger partial charge in [-0.15, -0.1) is 0 Å². The molecule has 1 aromatic heterocycles. The summed E-state index contributed by atoms with van der Waals surface area (Å²) in [6, 6.07) is 3.09. The van der Waals surface area contributed by atoms with Gasteiger partial charge in [0.1, 0.15) is 11.5 Å². The van der Waals surface area contributed by atoms with E-state index in [-0.39, 0.29) is 11.9 Å². The minimum Gasteiger partial charge on any atom is -0.335 e. The molecular weight excluding hydrogens is 316 g/mol. The number of nitrogens with zero attached hydrogens (tertiary/aromatic N) is 1. The van der Waals surface area contributed by atoms with Crippen LogP contribution in [0.2, 0.25) is 0 Å². The number of pyridine rings is 1. The SMILES string of the molecule is Fc1cc(F)c(F)c(Nc2ccc(Br)cn2)c1F. The van der Waals surface area contributed by atoms with Gasteiger partial charge in [-0.3, -0.25) is 0 Å². The van der Waals surface area contributed by atoms with Crippen LogP contribution in [0.5, 0.6) is 0 Å². The molecule has 0 saturated carbocycles. The highest BCUT2D eigenvalue weighted by molar-refractivity contribution is 9.10. The van der Waals surface area contributed by atoms with Crippen LogP contribution in [0.15, 0.2) is 28.9 Å². The average molecular weight is 321 g/mol. The largest absolute Gasteiger partial charge is 0.335 e. The molecule has 0 amide bonds. The van der Waals surface area contributed by atoms with Gasteiger partial charge in [-0.1, -0.05) is 0 Å². The van der Waals surface area contributed by atoms with E-state index < -0.39 is 29.0 Å². The van der Waals surface area contributed by atoms with Crippen molar-refractivity contribution < 1.29 is 17.6 Å². The first-order valence-electron chi connectivity index (χ1n) is 4.70. The summed E-state index contributed by atoms with van der Waals surface area (Å²) in [5, 5.41) is 2.19. The first-order valence-corrected chi connectivity index (χ1v) is 5.50. The Kier molecular flexibility index (Phi) is 3.51. The lowest BCUT2D eigenvalue weighted by Crippen LogP contribution is -2.03. The number of nitrogens with one attached hydrogen (secondary N) is 1. The third-order valence-corrected chi connectivity index (χ3v) is 2.56. The van der Waals surface area contributed by atoms with Gasteiger partial charge in [-0.25, -0.2) is 22.5 Å². The zero-order valence-corrected chi connectivity index (χ0v) is 10.2. The topological polar surface area (TPSA) is 24.9 Å². The highest BCUT2D eigenvalue weighted by Crippen LogP contribution is 2.26. The van der Waals surface area contributed by atoms with Gasteiger partial charge in [-0.2, -0.15) is 0 Å². The van der Waals surface area contributed by atoms with Crippen molar-refractivity contribution in [2.24, 2.45) is 0 Å². The van der Waals surface area contributed by atoms with Crippen LogP contribution in [0.1, 0.15) is 0 Å². The Hall–Kier alpha value is -1.63.